The Morgan fingerprint density at radius 3 is 2.19 bits per heavy atom. The third-order valence-electron chi connectivity index (χ3n) is 3.64. The quantitative estimate of drug-likeness (QED) is 0.823. The zero-order chi connectivity index (χ0) is 16.2. The van der Waals surface area contributed by atoms with Crippen molar-refractivity contribution in [2.24, 2.45) is 11.7 Å². The largest absolute Gasteiger partial charge is 0.406 e. The van der Waals surface area contributed by atoms with Gasteiger partial charge in [-0.1, -0.05) is 0 Å². The summed E-state index contributed by atoms with van der Waals surface area (Å²) in [6.45, 7) is 2.82. The Morgan fingerprint density at radius 1 is 1.29 bits per heavy atom. The fraction of sp³-hybridized carbons (Fsp3) is 0.846. The van der Waals surface area contributed by atoms with Crippen molar-refractivity contribution in [3.8, 4) is 0 Å². The molecule has 0 bridgehead atoms. The number of carbonyl (C=O) groups is 2. The second kappa shape index (κ2) is 7.11. The van der Waals surface area contributed by atoms with E-state index in [0.717, 1.165) is 4.90 Å². The Bertz CT molecular complexity index is 377. The van der Waals surface area contributed by atoms with Crippen molar-refractivity contribution in [2.75, 3.05) is 26.2 Å². The van der Waals surface area contributed by atoms with Crippen LogP contribution in [0, 0.1) is 5.92 Å². The van der Waals surface area contributed by atoms with Crippen LogP contribution in [0.1, 0.15) is 26.7 Å². The summed E-state index contributed by atoms with van der Waals surface area (Å²) < 4.78 is 37.5. The van der Waals surface area contributed by atoms with Gasteiger partial charge >= 0.3 is 6.18 Å². The van der Waals surface area contributed by atoms with Crippen molar-refractivity contribution in [2.45, 2.75) is 38.9 Å². The number of hydrogen-bond acceptors (Lipinski definition) is 3. The maximum atomic E-state index is 12.5. The third kappa shape index (κ3) is 5.91. The lowest BCUT2D eigenvalue weighted by atomic mass is 9.96. The van der Waals surface area contributed by atoms with Crippen molar-refractivity contribution in [3.05, 3.63) is 0 Å². The van der Waals surface area contributed by atoms with Crippen molar-refractivity contribution in [1.29, 1.82) is 0 Å². The van der Waals surface area contributed by atoms with Crippen LogP contribution >= 0.6 is 0 Å². The molecule has 0 aliphatic carbocycles. The van der Waals surface area contributed by atoms with Gasteiger partial charge in [-0.05, 0) is 39.8 Å². The van der Waals surface area contributed by atoms with E-state index in [-0.39, 0.29) is 18.4 Å². The minimum absolute atomic E-state index is 0.0558. The van der Waals surface area contributed by atoms with E-state index >= 15 is 0 Å². The molecular formula is C13H22F3N3O2. The first kappa shape index (κ1) is 17.7. The van der Waals surface area contributed by atoms with E-state index < -0.39 is 24.7 Å². The Kier molecular flexibility index (Phi) is 6.00. The maximum absolute atomic E-state index is 12.5. The lowest BCUT2D eigenvalue weighted by Gasteiger charge is -2.33. The van der Waals surface area contributed by atoms with Gasteiger partial charge in [0.1, 0.15) is 6.54 Å². The molecule has 1 saturated heterocycles. The lowest BCUT2D eigenvalue weighted by Crippen LogP contribution is -2.49. The second-order valence-corrected chi connectivity index (χ2v) is 5.68. The molecule has 1 aliphatic heterocycles. The van der Waals surface area contributed by atoms with Crippen molar-refractivity contribution in [1.82, 2.24) is 9.80 Å². The summed E-state index contributed by atoms with van der Waals surface area (Å²) in [5, 5.41) is 0. The average molecular weight is 309 g/mol. The van der Waals surface area contributed by atoms with E-state index in [4.69, 9.17) is 5.73 Å². The standard InChI is InChI=1S/C13H22F3N3O2/c1-9(2)19(8-13(14,15)16)11(20)7-18-5-3-10(4-6-18)12(17)21/h9-10H,3-8H2,1-2H3,(H2,17,21). The molecule has 1 fully saturated rings. The molecule has 0 aromatic rings. The number of halogens is 3. The fourth-order valence-electron chi connectivity index (χ4n) is 2.41. The van der Waals surface area contributed by atoms with Crippen molar-refractivity contribution in [3.63, 3.8) is 0 Å². The molecule has 8 heteroatoms. The first-order chi connectivity index (χ1) is 9.60. The predicted molar refractivity (Wildman–Crippen MR) is 71.3 cm³/mol. The Morgan fingerprint density at radius 2 is 1.81 bits per heavy atom. The minimum Gasteiger partial charge on any atom is -0.369 e. The van der Waals surface area contributed by atoms with Crippen molar-refractivity contribution < 1.29 is 22.8 Å². The van der Waals surface area contributed by atoms with Crippen LogP contribution in [0.15, 0.2) is 0 Å². The fourth-order valence-corrected chi connectivity index (χ4v) is 2.41. The topological polar surface area (TPSA) is 66.6 Å². The van der Waals surface area contributed by atoms with Crippen LogP contribution in [0.2, 0.25) is 0 Å². The summed E-state index contributed by atoms with van der Waals surface area (Å²) in [5.74, 6) is -1.10. The van der Waals surface area contributed by atoms with E-state index in [9.17, 15) is 22.8 Å². The van der Waals surface area contributed by atoms with Crippen LogP contribution in [0.25, 0.3) is 0 Å². The van der Waals surface area contributed by atoms with Gasteiger partial charge in [-0.2, -0.15) is 13.2 Å². The summed E-state index contributed by atoms with van der Waals surface area (Å²) in [6, 6.07) is -0.512. The average Bonchev–Trinajstić information content (AvgIpc) is 2.35. The minimum atomic E-state index is -4.40. The van der Waals surface area contributed by atoms with Gasteiger partial charge in [0.25, 0.3) is 0 Å². The molecule has 0 unspecified atom stereocenters. The number of likely N-dealkylation sites (tertiary alicyclic amines) is 1. The van der Waals surface area contributed by atoms with E-state index in [1.54, 1.807) is 18.7 Å². The van der Waals surface area contributed by atoms with Crippen LogP contribution < -0.4 is 5.73 Å². The number of rotatable bonds is 5. The van der Waals surface area contributed by atoms with Gasteiger partial charge in [-0.3, -0.25) is 14.5 Å². The van der Waals surface area contributed by atoms with E-state index in [2.05, 4.69) is 0 Å². The molecule has 1 aliphatic rings. The molecule has 0 aromatic carbocycles. The lowest BCUT2D eigenvalue weighted by molar-refractivity contribution is -0.165. The molecule has 122 valence electrons. The van der Waals surface area contributed by atoms with Crippen LogP contribution in [0.5, 0.6) is 0 Å². The summed E-state index contributed by atoms with van der Waals surface area (Å²) in [6.07, 6.45) is -3.31. The highest BCUT2D eigenvalue weighted by Gasteiger charge is 2.35. The normalized spacial score (nSPS) is 18.0. The number of carbonyl (C=O) groups excluding carboxylic acids is 2. The zero-order valence-electron chi connectivity index (χ0n) is 12.3. The molecule has 2 amide bonds. The molecule has 1 heterocycles. The number of alkyl halides is 3. The molecule has 0 saturated carbocycles. The Hall–Kier alpha value is -1.31. The van der Waals surface area contributed by atoms with Gasteiger partial charge in [0, 0.05) is 12.0 Å². The molecule has 5 nitrogen and oxygen atoms in total. The molecule has 0 aromatic heterocycles. The van der Waals surface area contributed by atoms with E-state index in [1.165, 1.54) is 0 Å². The smallest absolute Gasteiger partial charge is 0.369 e. The van der Waals surface area contributed by atoms with E-state index in [1.807, 2.05) is 0 Å². The molecule has 0 radical (unpaired) electrons. The number of nitrogens with zero attached hydrogens (tertiary/aromatic N) is 2. The van der Waals surface area contributed by atoms with Gasteiger partial charge in [0.15, 0.2) is 0 Å². The maximum Gasteiger partial charge on any atom is 0.406 e. The van der Waals surface area contributed by atoms with Crippen LogP contribution in [-0.2, 0) is 9.59 Å². The van der Waals surface area contributed by atoms with Gasteiger partial charge in [-0.25, -0.2) is 0 Å². The summed E-state index contributed by atoms with van der Waals surface area (Å²) in [5.41, 5.74) is 5.21. The number of primary amides is 1. The number of amides is 2. The predicted octanol–water partition coefficient (Wildman–Crippen LogP) is 0.983. The molecule has 21 heavy (non-hydrogen) atoms. The molecule has 1 rings (SSSR count). The Labute approximate surface area is 122 Å². The summed E-state index contributed by atoms with van der Waals surface area (Å²) in [4.78, 5) is 25.7. The third-order valence-corrected chi connectivity index (χ3v) is 3.64. The summed E-state index contributed by atoms with van der Waals surface area (Å²) in [7, 11) is 0. The highest BCUT2D eigenvalue weighted by Crippen LogP contribution is 2.20. The molecule has 0 atom stereocenters. The zero-order valence-corrected chi connectivity index (χ0v) is 12.3. The molecular weight excluding hydrogens is 287 g/mol. The van der Waals surface area contributed by atoms with Gasteiger partial charge in [-0.15, -0.1) is 0 Å². The highest BCUT2D eigenvalue weighted by molar-refractivity contribution is 5.79. The molecule has 2 N–H and O–H groups in total. The van der Waals surface area contributed by atoms with Gasteiger partial charge < -0.3 is 10.6 Å². The van der Waals surface area contributed by atoms with Gasteiger partial charge in [0.05, 0.1) is 6.54 Å². The number of piperidine rings is 1. The number of nitrogens with two attached hydrogens (primary N) is 1. The number of hydrogen-bond donors (Lipinski definition) is 1. The monoisotopic (exact) mass is 309 g/mol. The first-order valence-corrected chi connectivity index (χ1v) is 6.98. The van der Waals surface area contributed by atoms with Crippen LogP contribution in [0.3, 0.4) is 0 Å². The Balaban J connectivity index is 2.53. The first-order valence-electron chi connectivity index (χ1n) is 6.98. The van der Waals surface area contributed by atoms with Crippen LogP contribution in [-0.4, -0.2) is 60.0 Å². The highest BCUT2D eigenvalue weighted by atomic mass is 19.4. The summed E-state index contributed by atoms with van der Waals surface area (Å²) >= 11 is 0. The van der Waals surface area contributed by atoms with Crippen molar-refractivity contribution >= 4 is 11.8 Å². The second-order valence-electron chi connectivity index (χ2n) is 5.68. The molecule has 0 spiro atoms. The van der Waals surface area contributed by atoms with E-state index in [0.29, 0.717) is 25.9 Å². The van der Waals surface area contributed by atoms with Crippen LogP contribution in [0.4, 0.5) is 13.2 Å². The SMILES string of the molecule is CC(C)N(CC(F)(F)F)C(=O)CN1CCC(C(N)=O)CC1. The van der Waals surface area contributed by atoms with Gasteiger partial charge in [0.2, 0.25) is 11.8 Å².